The fourth-order valence-electron chi connectivity index (χ4n) is 4.74. The van der Waals surface area contributed by atoms with Crippen molar-refractivity contribution in [1.29, 1.82) is 0 Å². The van der Waals surface area contributed by atoms with E-state index < -0.39 is 34.8 Å². The van der Waals surface area contributed by atoms with E-state index in [9.17, 15) is 24.0 Å². The van der Waals surface area contributed by atoms with Crippen LogP contribution in [0.4, 0.5) is 0 Å². The number of benzene rings is 3. The monoisotopic (exact) mass is 511 g/mol. The molecule has 0 radical (unpaired) electrons. The minimum absolute atomic E-state index is 0.00303. The zero-order valence-corrected chi connectivity index (χ0v) is 21.0. The van der Waals surface area contributed by atoms with Gasteiger partial charge in [-0.3, -0.25) is 19.2 Å². The first-order valence-electron chi connectivity index (χ1n) is 12.7. The average molecular weight is 512 g/mol. The van der Waals surface area contributed by atoms with Gasteiger partial charge < -0.3 is 9.64 Å². The van der Waals surface area contributed by atoms with E-state index in [1.807, 2.05) is 30.3 Å². The Hall–Kier alpha value is -4.39. The molecule has 1 amide bonds. The normalized spacial score (nSPS) is 16.9. The number of Topliss-reactive ketones (excluding diaryl/α,β-unsaturated/α-hetero) is 3. The number of esters is 1. The van der Waals surface area contributed by atoms with Gasteiger partial charge >= 0.3 is 5.97 Å². The number of ketones is 3. The molecule has 4 rings (SSSR count). The van der Waals surface area contributed by atoms with E-state index in [4.69, 9.17) is 4.74 Å². The van der Waals surface area contributed by atoms with Crippen molar-refractivity contribution in [2.45, 2.75) is 37.6 Å². The number of aryl methyl sites for hydroxylation is 1. The van der Waals surface area contributed by atoms with Crippen LogP contribution in [0.2, 0.25) is 0 Å². The predicted octanol–water partition coefficient (Wildman–Crippen LogP) is 4.25. The van der Waals surface area contributed by atoms with Crippen LogP contribution >= 0.6 is 0 Å². The van der Waals surface area contributed by atoms with Crippen LogP contribution in [-0.2, 0) is 25.5 Å². The lowest BCUT2D eigenvalue weighted by Gasteiger charge is -2.42. The van der Waals surface area contributed by atoms with Crippen LogP contribution in [0.1, 0.15) is 52.0 Å². The first-order valence-corrected chi connectivity index (χ1v) is 12.7. The molecule has 1 heterocycles. The molecule has 0 aliphatic carbocycles. The molecule has 0 saturated carbocycles. The molecule has 3 aromatic carbocycles. The molecule has 0 aromatic heterocycles. The van der Waals surface area contributed by atoms with E-state index in [0.717, 1.165) is 10.5 Å². The predicted molar refractivity (Wildman–Crippen MR) is 141 cm³/mol. The van der Waals surface area contributed by atoms with E-state index in [0.29, 0.717) is 25.7 Å². The van der Waals surface area contributed by atoms with Crippen LogP contribution < -0.4 is 0 Å². The van der Waals surface area contributed by atoms with Gasteiger partial charge in [0.1, 0.15) is 0 Å². The zero-order valence-electron chi connectivity index (χ0n) is 21.0. The van der Waals surface area contributed by atoms with E-state index in [-0.39, 0.29) is 30.7 Å². The summed E-state index contributed by atoms with van der Waals surface area (Å²) in [4.78, 5) is 68.4. The van der Waals surface area contributed by atoms with Crippen molar-refractivity contribution >= 4 is 29.2 Å². The summed E-state index contributed by atoms with van der Waals surface area (Å²) in [7, 11) is 0. The zero-order chi connectivity index (χ0) is 27.0. The molecule has 1 fully saturated rings. The summed E-state index contributed by atoms with van der Waals surface area (Å²) in [6, 6.07) is 25.5. The molecule has 194 valence electrons. The molecular formula is C31H29NO6. The number of piperidine rings is 1. The number of carbonyl (C=O) groups excluding carboxylic acids is 5. The third-order valence-corrected chi connectivity index (χ3v) is 6.75. The maximum atomic E-state index is 13.8. The Kier molecular flexibility index (Phi) is 8.58. The van der Waals surface area contributed by atoms with Crippen molar-refractivity contribution in [3.8, 4) is 0 Å². The van der Waals surface area contributed by atoms with Gasteiger partial charge in [-0.25, -0.2) is 4.79 Å². The van der Waals surface area contributed by atoms with Gasteiger partial charge in [-0.2, -0.15) is 0 Å². The standard InChI is InChI=1S/C31H29NO6/c33-26(24-16-6-2-7-17-24)28(35)31(30(37)38-22-12-15-23-13-4-1-5-14-23)20-10-11-21-32(31)29(36)27(34)25-18-8-3-9-19-25/h1-9,13-14,16-19H,10-12,15,20-22H2. The smallest absolute Gasteiger partial charge is 0.340 e. The van der Waals surface area contributed by atoms with Crippen LogP contribution in [0, 0.1) is 0 Å². The first-order chi connectivity index (χ1) is 18.4. The Morgan fingerprint density at radius 1 is 0.711 bits per heavy atom. The van der Waals surface area contributed by atoms with Gasteiger partial charge in [0.2, 0.25) is 22.9 Å². The average Bonchev–Trinajstić information content (AvgIpc) is 2.99. The molecule has 7 nitrogen and oxygen atoms in total. The highest BCUT2D eigenvalue weighted by molar-refractivity contribution is 6.51. The van der Waals surface area contributed by atoms with Gasteiger partial charge in [-0.1, -0.05) is 91.0 Å². The van der Waals surface area contributed by atoms with Crippen LogP contribution in [-0.4, -0.2) is 52.8 Å². The van der Waals surface area contributed by atoms with Crippen molar-refractivity contribution in [1.82, 2.24) is 4.90 Å². The lowest BCUT2D eigenvalue weighted by molar-refractivity contribution is -0.169. The molecule has 0 bridgehead atoms. The molecule has 7 heteroatoms. The van der Waals surface area contributed by atoms with E-state index in [1.54, 1.807) is 36.4 Å². The summed E-state index contributed by atoms with van der Waals surface area (Å²) in [5.41, 5.74) is -0.910. The number of hydrogen-bond acceptors (Lipinski definition) is 6. The van der Waals surface area contributed by atoms with Gasteiger partial charge in [0.25, 0.3) is 5.91 Å². The number of hydrogen-bond donors (Lipinski definition) is 0. The Bertz CT molecular complexity index is 1310. The second kappa shape index (κ2) is 12.2. The number of nitrogens with zero attached hydrogens (tertiary/aromatic N) is 1. The Balaban J connectivity index is 1.63. The second-order valence-corrected chi connectivity index (χ2v) is 9.22. The number of carbonyl (C=O) groups is 5. The number of amides is 1. The molecule has 38 heavy (non-hydrogen) atoms. The first kappa shape index (κ1) is 26.7. The third-order valence-electron chi connectivity index (χ3n) is 6.75. The van der Waals surface area contributed by atoms with Crippen molar-refractivity contribution in [2.75, 3.05) is 13.2 Å². The van der Waals surface area contributed by atoms with Gasteiger partial charge in [-0.05, 0) is 37.7 Å². The maximum absolute atomic E-state index is 13.8. The lowest BCUT2D eigenvalue weighted by atomic mass is 9.79. The molecule has 1 aliphatic heterocycles. The van der Waals surface area contributed by atoms with Gasteiger partial charge in [0.05, 0.1) is 6.61 Å². The molecule has 1 aliphatic rings. The summed E-state index contributed by atoms with van der Waals surface area (Å²) in [5, 5.41) is 0. The van der Waals surface area contributed by atoms with Crippen LogP contribution in [0.5, 0.6) is 0 Å². The molecule has 0 N–H and O–H groups in total. The highest BCUT2D eigenvalue weighted by Crippen LogP contribution is 2.33. The largest absolute Gasteiger partial charge is 0.464 e. The summed E-state index contributed by atoms with van der Waals surface area (Å²) in [6.45, 7) is -0.0265. The van der Waals surface area contributed by atoms with E-state index in [1.165, 1.54) is 24.3 Å². The molecular weight excluding hydrogens is 482 g/mol. The van der Waals surface area contributed by atoms with Crippen LogP contribution in [0.25, 0.3) is 0 Å². The molecule has 1 atom stereocenters. The van der Waals surface area contributed by atoms with Gasteiger partial charge in [-0.15, -0.1) is 0 Å². The Morgan fingerprint density at radius 3 is 1.87 bits per heavy atom. The summed E-state index contributed by atoms with van der Waals surface area (Å²) >= 11 is 0. The Labute approximate surface area is 221 Å². The summed E-state index contributed by atoms with van der Waals surface area (Å²) < 4.78 is 5.56. The fourth-order valence-corrected chi connectivity index (χ4v) is 4.74. The van der Waals surface area contributed by atoms with Crippen molar-refractivity contribution in [2.24, 2.45) is 0 Å². The number of rotatable bonds is 10. The minimum atomic E-state index is -2.21. The highest BCUT2D eigenvalue weighted by atomic mass is 16.5. The van der Waals surface area contributed by atoms with E-state index >= 15 is 0 Å². The quantitative estimate of drug-likeness (QED) is 0.133. The molecule has 0 spiro atoms. The Morgan fingerprint density at radius 2 is 1.26 bits per heavy atom. The third kappa shape index (κ3) is 5.62. The van der Waals surface area contributed by atoms with Crippen LogP contribution in [0.3, 0.4) is 0 Å². The van der Waals surface area contributed by atoms with Gasteiger partial charge in [0, 0.05) is 17.7 Å². The second-order valence-electron chi connectivity index (χ2n) is 9.22. The highest BCUT2D eigenvalue weighted by Gasteiger charge is 2.58. The van der Waals surface area contributed by atoms with Gasteiger partial charge in [0.15, 0.2) is 0 Å². The summed E-state index contributed by atoms with van der Waals surface area (Å²) in [5.74, 6) is -4.81. The topological polar surface area (TPSA) is 97.8 Å². The number of ether oxygens (including phenoxy) is 1. The minimum Gasteiger partial charge on any atom is -0.464 e. The van der Waals surface area contributed by atoms with Crippen molar-refractivity contribution in [3.63, 3.8) is 0 Å². The van der Waals surface area contributed by atoms with Crippen molar-refractivity contribution in [3.05, 3.63) is 108 Å². The molecule has 1 unspecified atom stereocenters. The number of likely N-dealkylation sites (tertiary alicyclic amines) is 1. The van der Waals surface area contributed by atoms with E-state index in [2.05, 4.69) is 0 Å². The lowest BCUT2D eigenvalue weighted by Crippen LogP contribution is -2.67. The molecule has 1 saturated heterocycles. The SMILES string of the molecule is O=C(C(=O)N1CCCCC1(C(=O)OCCCc1ccccc1)C(=O)C(=O)c1ccccc1)c1ccccc1. The fraction of sp³-hybridized carbons (Fsp3) is 0.258. The van der Waals surface area contributed by atoms with Crippen molar-refractivity contribution < 1.29 is 28.7 Å². The molecule has 3 aromatic rings. The maximum Gasteiger partial charge on any atom is 0.340 e. The summed E-state index contributed by atoms with van der Waals surface area (Å²) in [6.07, 6.45) is 1.92. The van der Waals surface area contributed by atoms with Crippen LogP contribution in [0.15, 0.2) is 91.0 Å².